The van der Waals surface area contributed by atoms with Crippen LogP contribution in [0.1, 0.15) is 63.7 Å². The van der Waals surface area contributed by atoms with Gasteiger partial charge < -0.3 is 15.5 Å². The standard InChI is InChI=1S/C24H40N4O4S/c1-7-28(8-2)33(31,32)20-13-11-12-19(16-20)22(29)26-21(18(3)4)23(30)25-17-24(27(5)6)14-9-10-15-24/h11-13,16,18,21H,7-10,14-15,17H2,1-6H3,(H,25,30)(H,26,29). The van der Waals surface area contributed by atoms with Crippen molar-refractivity contribution in [2.75, 3.05) is 33.7 Å². The number of benzene rings is 1. The van der Waals surface area contributed by atoms with Crippen LogP contribution in [0.4, 0.5) is 0 Å². The zero-order valence-electron chi connectivity index (χ0n) is 20.8. The van der Waals surface area contributed by atoms with Gasteiger partial charge in [0.25, 0.3) is 5.91 Å². The van der Waals surface area contributed by atoms with Crippen molar-refractivity contribution in [2.24, 2.45) is 5.92 Å². The van der Waals surface area contributed by atoms with Crippen LogP contribution in [0, 0.1) is 5.92 Å². The van der Waals surface area contributed by atoms with E-state index < -0.39 is 22.0 Å². The monoisotopic (exact) mass is 480 g/mol. The zero-order chi connectivity index (χ0) is 24.8. The summed E-state index contributed by atoms with van der Waals surface area (Å²) in [4.78, 5) is 28.2. The number of sulfonamides is 1. The van der Waals surface area contributed by atoms with Crippen LogP contribution in [0.3, 0.4) is 0 Å². The molecule has 2 N–H and O–H groups in total. The number of hydrogen-bond donors (Lipinski definition) is 2. The minimum atomic E-state index is -3.68. The number of amides is 2. The summed E-state index contributed by atoms with van der Waals surface area (Å²) < 4.78 is 27.0. The molecule has 0 saturated heterocycles. The van der Waals surface area contributed by atoms with Gasteiger partial charge in [-0.15, -0.1) is 0 Å². The third-order valence-electron chi connectivity index (χ3n) is 6.75. The highest BCUT2D eigenvalue weighted by Gasteiger charge is 2.37. The molecule has 1 atom stereocenters. The molecule has 0 aliphatic heterocycles. The van der Waals surface area contributed by atoms with Crippen LogP contribution in [0.15, 0.2) is 29.2 Å². The minimum Gasteiger partial charge on any atom is -0.352 e. The molecule has 0 aromatic heterocycles. The van der Waals surface area contributed by atoms with E-state index in [1.54, 1.807) is 26.0 Å². The fourth-order valence-electron chi connectivity index (χ4n) is 4.45. The smallest absolute Gasteiger partial charge is 0.251 e. The number of nitrogens with one attached hydrogen (secondary N) is 2. The summed E-state index contributed by atoms with van der Waals surface area (Å²) in [6.45, 7) is 8.53. The normalized spacial score (nSPS) is 16.9. The van der Waals surface area contributed by atoms with Crippen LogP contribution in [-0.2, 0) is 14.8 Å². The topological polar surface area (TPSA) is 98.8 Å². The van der Waals surface area contributed by atoms with Crippen molar-refractivity contribution in [2.45, 2.75) is 69.9 Å². The molecule has 0 spiro atoms. The Labute approximate surface area is 199 Å². The molecule has 1 aliphatic carbocycles. The number of rotatable bonds is 11. The lowest BCUT2D eigenvalue weighted by atomic mass is 9.95. The van der Waals surface area contributed by atoms with Gasteiger partial charge in [0.2, 0.25) is 15.9 Å². The van der Waals surface area contributed by atoms with E-state index >= 15 is 0 Å². The second-order valence-corrected chi connectivity index (χ2v) is 11.3. The van der Waals surface area contributed by atoms with E-state index in [4.69, 9.17) is 0 Å². The van der Waals surface area contributed by atoms with Gasteiger partial charge in [-0.2, -0.15) is 4.31 Å². The van der Waals surface area contributed by atoms with E-state index in [1.165, 1.54) is 16.4 Å². The van der Waals surface area contributed by atoms with Gasteiger partial charge in [-0.1, -0.05) is 46.6 Å². The van der Waals surface area contributed by atoms with Crippen molar-refractivity contribution in [1.82, 2.24) is 19.8 Å². The average molecular weight is 481 g/mol. The highest BCUT2D eigenvalue weighted by molar-refractivity contribution is 7.89. The first-order chi connectivity index (χ1) is 15.5. The lowest BCUT2D eigenvalue weighted by Gasteiger charge is -2.37. The fourth-order valence-corrected chi connectivity index (χ4v) is 5.95. The number of likely N-dealkylation sites (N-methyl/N-ethyl adjacent to an activating group) is 1. The van der Waals surface area contributed by atoms with Crippen LogP contribution < -0.4 is 10.6 Å². The van der Waals surface area contributed by atoms with Crippen LogP contribution in [0.25, 0.3) is 0 Å². The third kappa shape index (κ3) is 6.33. The molecule has 1 unspecified atom stereocenters. The molecule has 9 heteroatoms. The van der Waals surface area contributed by atoms with Crippen molar-refractivity contribution in [3.63, 3.8) is 0 Å². The molecule has 8 nitrogen and oxygen atoms in total. The van der Waals surface area contributed by atoms with Gasteiger partial charge in [0.15, 0.2) is 0 Å². The molecule has 0 radical (unpaired) electrons. The molecular weight excluding hydrogens is 440 g/mol. The number of carbonyl (C=O) groups is 2. The first kappa shape index (κ1) is 27.3. The molecule has 1 aromatic carbocycles. The summed E-state index contributed by atoms with van der Waals surface area (Å²) in [6, 6.07) is 5.25. The summed E-state index contributed by atoms with van der Waals surface area (Å²) in [5.41, 5.74) is 0.163. The highest BCUT2D eigenvalue weighted by Crippen LogP contribution is 2.33. The van der Waals surface area contributed by atoms with Crippen molar-refractivity contribution in [1.29, 1.82) is 0 Å². The van der Waals surface area contributed by atoms with E-state index in [0.717, 1.165) is 25.7 Å². The minimum absolute atomic E-state index is 0.0473. The van der Waals surface area contributed by atoms with E-state index in [2.05, 4.69) is 15.5 Å². The first-order valence-corrected chi connectivity index (χ1v) is 13.3. The zero-order valence-corrected chi connectivity index (χ0v) is 21.7. The Hall–Kier alpha value is -1.97. The van der Waals surface area contributed by atoms with Gasteiger partial charge >= 0.3 is 0 Å². The van der Waals surface area contributed by atoms with Crippen molar-refractivity contribution < 1.29 is 18.0 Å². The molecule has 1 fully saturated rings. The van der Waals surface area contributed by atoms with Crippen LogP contribution >= 0.6 is 0 Å². The van der Waals surface area contributed by atoms with E-state index in [1.807, 2.05) is 27.9 Å². The highest BCUT2D eigenvalue weighted by atomic mass is 32.2. The Morgan fingerprint density at radius 3 is 2.21 bits per heavy atom. The second kappa shape index (κ2) is 11.4. The number of carbonyl (C=O) groups excluding carboxylic acids is 2. The maximum atomic E-state index is 13.0. The Morgan fingerprint density at radius 1 is 1.09 bits per heavy atom. The van der Waals surface area contributed by atoms with Crippen molar-refractivity contribution in [3.05, 3.63) is 29.8 Å². The summed E-state index contributed by atoms with van der Waals surface area (Å²) in [5, 5.41) is 5.87. The summed E-state index contributed by atoms with van der Waals surface area (Å²) >= 11 is 0. The lowest BCUT2D eigenvalue weighted by molar-refractivity contribution is -0.124. The van der Waals surface area contributed by atoms with Crippen molar-refractivity contribution in [3.8, 4) is 0 Å². The second-order valence-electron chi connectivity index (χ2n) is 9.36. The molecule has 33 heavy (non-hydrogen) atoms. The molecule has 1 saturated carbocycles. The maximum Gasteiger partial charge on any atom is 0.251 e. The third-order valence-corrected chi connectivity index (χ3v) is 8.80. The molecular formula is C24H40N4O4S. The fraction of sp³-hybridized carbons (Fsp3) is 0.667. The van der Waals surface area contributed by atoms with Gasteiger partial charge in [-0.3, -0.25) is 9.59 Å². The summed E-state index contributed by atoms with van der Waals surface area (Å²) in [6.07, 6.45) is 4.36. The van der Waals surface area contributed by atoms with E-state index in [9.17, 15) is 18.0 Å². The molecule has 1 aliphatic rings. The quantitative estimate of drug-likeness (QED) is 0.507. The lowest BCUT2D eigenvalue weighted by Crippen LogP contribution is -2.55. The van der Waals surface area contributed by atoms with Gasteiger partial charge in [-0.25, -0.2) is 8.42 Å². The van der Waals surface area contributed by atoms with Gasteiger partial charge in [0.1, 0.15) is 6.04 Å². The Morgan fingerprint density at radius 2 is 1.70 bits per heavy atom. The molecule has 186 valence electrons. The SMILES string of the molecule is CCN(CC)S(=O)(=O)c1cccc(C(=O)NC(C(=O)NCC2(N(C)C)CCCC2)C(C)C)c1. The molecule has 1 aromatic rings. The predicted octanol–water partition coefficient (Wildman–Crippen LogP) is 2.46. The Balaban J connectivity index is 2.15. The molecule has 2 amide bonds. The van der Waals surface area contributed by atoms with Gasteiger partial charge in [0.05, 0.1) is 4.90 Å². The van der Waals surface area contributed by atoms with Gasteiger partial charge in [0, 0.05) is 30.7 Å². The van der Waals surface area contributed by atoms with Gasteiger partial charge in [-0.05, 0) is 51.1 Å². The predicted molar refractivity (Wildman–Crippen MR) is 131 cm³/mol. The average Bonchev–Trinajstić information content (AvgIpc) is 3.26. The van der Waals surface area contributed by atoms with E-state index in [0.29, 0.717) is 19.6 Å². The Kier molecular flexibility index (Phi) is 9.46. The maximum absolute atomic E-state index is 13.0. The summed E-state index contributed by atoms with van der Waals surface area (Å²) in [5.74, 6) is -0.822. The molecule has 0 bridgehead atoms. The number of hydrogen-bond acceptors (Lipinski definition) is 5. The Bertz CT molecular complexity index is 920. The largest absolute Gasteiger partial charge is 0.352 e. The number of nitrogens with zero attached hydrogens (tertiary/aromatic N) is 2. The summed E-state index contributed by atoms with van der Waals surface area (Å²) in [7, 11) is 0.398. The van der Waals surface area contributed by atoms with Crippen molar-refractivity contribution >= 4 is 21.8 Å². The molecule has 0 heterocycles. The van der Waals surface area contributed by atoms with E-state index in [-0.39, 0.29) is 27.8 Å². The first-order valence-electron chi connectivity index (χ1n) is 11.8. The van der Waals surface area contributed by atoms with Crippen LogP contribution in [0.5, 0.6) is 0 Å². The van der Waals surface area contributed by atoms with Crippen LogP contribution in [-0.4, -0.2) is 74.7 Å². The van der Waals surface area contributed by atoms with Crippen LogP contribution in [0.2, 0.25) is 0 Å². The molecule has 2 rings (SSSR count).